The highest BCUT2D eigenvalue weighted by Gasteiger charge is 2.10. The first-order valence-corrected chi connectivity index (χ1v) is 7.51. The number of rotatable bonds is 6. The molecule has 0 saturated carbocycles. The van der Waals surface area contributed by atoms with Crippen LogP contribution in [0.15, 0.2) is 48.6 Å². The lowest BCUT2D eigenvalue weighted by Crippen LogP contribution is -1.95. The molecular formula is C20H22O3. The first-order valence-electron chi connectivity index (χ1n) is 7.51. The number of hydrogen-bond donors (Lipinski definition) is 2. The summed E-state index contributed by atoms with van der Waals surface area (Å²) in [6, 6.07) is 10.6. The van der Waals surface area contributed by atoms with Crippen LogP contribution in [-0.4, -0.2) is 17.3 Å². The zero-order valence-electron chi connectivity index (χ0n) is 13.5. The fourth-order valence-electron chi connectivity index (χ4n) is 2.30. The summed E-state index contributed by atoms with van der Waals surface area (Å²) in [5.74, 6) is 1.15. The van der Waals surface area contributed by atoms with Crippen molar-refractivity contribution in [1.82, 2.24) is 0 Å². The van der Waals surface area contributed by atoms with Gasteiger partial charge < -0.3 is 14.9 Å². The number of ether oxygens (including phenoxy) is 1. The van der Waals surface area contributed by atoms with E-state index in [2.05, 4.69) is 6.58 Å². The summed E-state index contributed by atoms with van der Waals surface area (Å²) >= 11 is 0. The van der Waals surface area contributed by atoms with E-state index >= 15 is 0 Å². The fraction of sp³-hybridized carbons (Fsp3) is 0.200. The van der Waals surface area contributed by atoms with Crippen LogP contribution in [0.5, 0.6) is 17.2 Å². The molecule has 0 aliphatic rings. The van der Waals surface area contributed by atoms with Gasteiger partial charge >= 0.3 is 0 Å². The van der Waals surface area contributed by atoms with Crippen LogP contribution < -0.4 is 4.74 Å². The number of methoxy groups -OCH3 is 1. The standard InChI is InChI=1S/C20H22O3/c1-14(2)4-11-18-19(22)12-16(13-20(18)23-3)6-5-15-7-9-17(21)10-8-15/h5-10,12-13,21-22H,1,4,11H2,2-3H3/b6-5+. The van der Waals surface area contributed by atoms with Gasteiger partial charge in [-0.3, -0.25) is 0 Å². The van der Waals surface area contributed by atoms with Gasteiger partial charge in [0, 0.05) is 5.56 Å². The summed E-state index contributed by atoms with van der Waals surface area (Å²) in [6.45, 7) is 5.86. The quantitative estimate of drug-likeness (QED) is 0.596. The van der Waals surface area contributed by atoms with Gasteiger partial charge in [-0.05, 0) is 55.2 Å². The maximum atomic E-state index is 10.3. The van der Waals surface area contributed by atoms with E-state index < -0.39 is 0 Å². The first-order chi connectivity index (χ1) is 11.0. The summed E-state index contributed by atoms with van der Waals surface area (Å²) in [5, 5.41) is 19.6. The van der Waals surface area contributed by atoms with Gasteiger partial charge in [0.05, 0.1) is 7.11 Å². The minimum Gasteiger partial charge on any atom is -0.508 e. The molecule has 0 radical (unpaired) electrons. The van der Waals surface area contributed by atoms with Gasteiger partial charge in [0.15, 0.2) is 0 Å². The Morgan fingerprint density at radius 3 is 2.35 bits per heavy atom. The monoisotopic (exact) mass is 310 g/mol. The van der Waals surface area contributed by atoms with Crippen molar-refractivity contribution >= 4 is 12.2 Å². The third kappa shape index (κ3) is 4.65. The van der Waals surface area contributed by atoms with Crippen molar-refractivity contribution < 1.29 is 14.9 Å². The van der Waals surface area contributed by atoms with Crippen molar-refractivity contribution in [3.63, 3.8) is 0 Å². The van der Waals surface area contributed by atoms with E-state index in [0.29, 0.717) is 12.2 Å². The third-order valence-corrected chi connectivity index (χ3v) is 3.59. The zero-order valence-corrected chi connectivity index (χ0v) is 13.5. The molecule has 0 aliphatic heterocycles. The lowest BCUT2D eigenvalue weighted by molar-refractivity contribution is 0.399. The van der Waals surface area contributed by atoms with Crippen molar-refractivity contribution in [2.24, 2.45) is 0 Å². The summed E-state index contributed by atoms with van der Waals surface area (Å²) < 4.78 is 5.41. The Labute approximate surface area is 137 Å². The number of phenolic OH excluding ortho intramolecular Hbond substituents is 2. The average Bonchev–Trinajstić information content (AvgIpc) is 2.52. The summed E-state index contributed by atoms with van der Waals surface area (Å²) in [4.78, 5) is 0. The molecule has 0 spiro atoms. The van der Waals surface area contributed by atoms with Crippen molar-refractivity contribution in [1.29, 1.82) is 0 Å². The SMILES string of the molecule is C=C(C)CCc1c(O)cc(/C=C/c2ccc(O)cc2)cc1OC. The second-order valence-electron chi connectivity index (χ2n) is 5.60. The predicted octanol–water partition coefficient (Wildman–Crippen LogP) is 4.79. The Morgan fingerprint density at radius 1 is 1.09 bits per heavy atom. The maximum Gasteiger partial charge on any atom is 0.126 e. The van der Waals surface area contributed by atoms with E-state index in [-0.39, 0.29) is 11.5 Å². The normalized spacial score (nSPS) is 10.9. The van der Waals surface area contributed by atoms with E-state index in [9.17, 15) is 10.2 Å². The topological polar surface area (TPSA) is 49.7 Å². The van der Waals surface area contributed by atoms with Crippen LogP contribution in [0.2, 0.25) is 0 Å². The zero-order chi connectivity index (χ0) is 16.8. The predicted molar refractivity (Wildman–Crippen MR) is 94.8 cm³/mol. The molecule has 3 heteroatoms. The Balaban J connectivity index is 2.24. The van der Waals surface area contributed by atoms with E-state index in [1.165, 1.54) is 0 Å². The molecule has 0 saturated heterocycles. The molecule has 2 rings (SSSR count). The summed E-state index contributed by atoms with van der Waals surface area (Å²) in [5.41, 5.74) is 3.69. The molecule has 0 amide bonds. The van der Waals surface area contributed by atoms with E-state index in [1.807, 2.05) is 37.3 Å². The first kappa shape index (κ1) is 16.7. The van der Waals surface area contributed by atoms with Gasteiger partial charge in [-0.15, -0.1) is 6.58 Å². The number of allylic oxidation sites excluding steroid dienone is 1. The molecule has 0 aromatic heterocycles. The number of aromatic hydroxyl groups is 2. The van der Waals surface area contributed by atoms with Crippen molar-refractivity contribution in [2.75, 3.05) is 7.11 Å². The summed E-state index contributed by atoms with van der Waals surface area (Å²) in [7, 11) is 1.60. The third-order valence-electron chi connectivity index (χ3n) is 3.59. The van der Waals surface area contributed by atoms with E-state index in [4.69, 9.17) is 4.74 Å². The second kappa shape index (κ2) is 7.54. The number of phenols is 2. The van der Waals surface area contributed by atoms with Gasteiger partial charge in [-0.25, -0.2) is 0 Å². The average molecular weight is 310 g/mol. The second-order valence-corrected chi connectivity index (χ2v) is 5.60. The van der Waals surface area contributed by atoms with Gasteiger partial charge in [-0.2, -0.15) is 0 Å². The van der Waals surface area contributed by atoms with E-state index in [1.54, 1.807) is 25.3 Å². The van der Waals surface area contributed by atoms with E-state index in [0.717, 1.165) is 28.7 Å². The lowest BCUT2D eigenvalue weighted by atomic mass is 10.0. The highest BCUT2D eigenvalue weighted by Crippen LogP contribution is 2.32. The van der Waals surface area contributed by atoms with Crippen LogP contribution in [0.4, 0.5) is 0 Å². The number of hydrogen-bond acceptors (Lipinski definition) is 3. The Hall–Kier alpha value is -2.68. The summed E-state index contributed by atoms with van der Waals surface area (Å²) in [6.07, 6.45) is 5.33. The van der Waals surface area contributed by atoms with Crippen LogP contribution in [-0.2, 0) is 6.42 Å². The van der Waals surface area contributed by atoms with Crippen LogP contribution in [0, 0.1) is 0 Å². The highest BCUT2D eigenvalue weighted by atomic mass is 16.5. The maximum absolute atomic E-state index is 10.3. The molecule has 0 atom stereocenters. The largest absolute Gasteiger partial charge is 0.508 e. The molecule has 0 unspecified atom stereocenters. The molecule has 0 aliphatic carbocycles. The van der Waals surface area contributed by atoms with Crippen LogP contribution in [0.1, 0.15) is 30.0 Å². The molecule has 0 bridgehead atoms. The van der Waals surface area contributed by atoms with Gasteiger partial charge in [0.2, 0.25) is 0 Å². The van der Waals surface area contributed by atoms with Gasteiger partial charge in [0.25, 0.3) is 0 Å². The molecule has 2 aromatic rings. The molecule has 2 aromatic carbocycles. The molecule has 3 nitrogen and oxygen atoms in total. The number of benzene rings is 2. The molecule has 0 fully saturated rings. The van der Waals surface area contributed by atoms with Gasteiger partial charge in [0.1, 0.15) is 17.2 Å². The van der Waals surface area contributed by atoms with Crippen molar-refractivity contribution in [2.45, 2.75) is 19.8 Å². The molecule has 120 valence electrons. The van der Waals surface area contributed by atoms with Gasteiger partial charge in [-0.1, -0.05) is 29.9 Å². The van der Waals surface area contributed by atoms with Crippen LogP contribution in [0.3, 0.4) is 0 Å². The molecule has 23 heavy (non-hydrogen) atoms. The Bertz CT molecular complexity index is 712. The minimum atomic E-state index is 0.232. The highest BCUT2D eigenvalue weighted by molar-refractivity contribution is 5.72. The fourth-order valence-corrected chi connectivity index (χ4v) is 2.30. The lowest BCUT2D eigenvalue weighted by Gasteiger charge is -2.12. The minimum absolute atomic E-state index is 0.232. The Morgan fingerprint density at radius 2 is 1.74 bits per heavy atom. The molecular weight excluding hydrogens is 288 g/mol. The smallest absolute Gasteiger partial charge is 0.126 e. The Kier molecular flexibility index (Phi) is 5.47. The van der Waals surface area contributed by atoms with Crippen molar-refractivity contribution in [3.8, 4) is 17.2 Å². The molecule has 2 N–H and O–H groups in total. The van der Waals surface area contributed by atoms with Crippen molar-refractivity contribution in [3.05, 3.63) is 65.2 Å². The molecule has 0 heterocycles. The van der Waals surface area contributed by atoms with Crippen LogP contribution >= 0.6 is 0 Å². The van der Waals surface area contributed by atoms with Crippen LogP contribution in [0.25, 0.3) is 12.2 Å².